The van der Waals surface area contributed by atoms with Crippen LogP contribution in [0.4, 0.5) is 0 Å². The third kappa shape index (κ3) is 3.07. The van der Waals surface area contributed by atoms with Crippen LogP contribution < -0.4 is 0 Å². The fourth-order valence-corrected chi connectivity index (χ4v) is 4.13. The fraction of sp³-hybridized carbons (Fsp3) is 0.429. The largest absolute Gasteiger partial charge is 0.480 e. The maximum Gasteiger partial charge on any atom is 0.326 e. The molecule has 0 aromatic heterocycles. The molecular weight excluding hydrogens is 330 g/mol. The van der Waals surface area contributed by atoms with Crippen LogP contribution in [0.2, 0.25) is 0 Å². The van der Waals surface area contributed by atoms with Crippen LogP contribution in [0, 0.1) is 5.92 Å². The number of carbonyl (C=O) groups excluding carboxylic acids is 1. The predicted octanol–water partition coefficient (Wildman–Crippen LogP) is 3.03. The van der Waals surface area contributed by atoms with Crippen LogP contribution in [0.25, 0.3) is 10.8 Å². The van der Waals surface area contributed by atoms with Crippen LogP contribution in [-0.4, -0.2) is 47.7 Å². The number of carboxylic acids is 1. The van der Waals surface area contributed by atoms with E-state index in [4.69, 9.17) is 4.74 Å². The average Bonchev–Trinajstić information content (AvgIpc) is 3.47. The highest BCUT2D eigenvalue weighted by atomic mass is 16.5. The highest BCUT2D eigenvalue weighted by Gasteiger charge is 2.48. The second kappa shape index (κ2) is 6.72. The molecule has 2 aromatic rings. The Morgan fingerprint density at radius 1 is 1.12 bits per heavy atom. The summed E-state index contributed by atoms with van der Waals surface area (Å²) < 4.78 is 5.31. The third-order valence-electron chi connectivity index (χ3n) is 5.77. The van der Waals surface area contributed by atoms with Crippen molar-refractivity contribution in [3.05, 3.63) is 48.0 Å². The first kappa shape index (κ1) is 17.0. The number of benzene rings is 2. The van der Waals surface area contributed by atoms with E-state index >= 15 is 0 Å². The highest BCUT2D eigenvalue weighted by Crippen LogP contribution is 2.49. The number of fused-ring (bicyclic) bond motifs is 1. The summed E-state index contributed by atoms with van der Waals surface area (Å²) >= 11 is 0. The van der Waals surface area contributed by atoms with Gasteiger partial charge in [0.2, 0.25) is 5.91 Å². The lowest BCUT2D eigenvalue weighted by molar-refractivity contribution is -0.155. The monoisotopic (exact) mass is 353 g/mol. The van der Waals surface area contributed by atoms with E-state index in [9.17, 15) is 14.7 Å². The van der Waals surface area contributed by atoms with Crippen LogP contribution >= 0.6 is 0 Å². The van der Waals surface area contributed by atoms with Gasteiger partial charge in [0.05, 0.1) is 6.10 Å². The van der Waals surface area contributed by atoms with E-state index in [1.165, 1.54) is 16.3 Å². The molecule has 1 aliphatic carbocycles. The summed E-state index contributed by atoms with van der Waals surface area (Å²) in [6.45, 7) is 0.454. The molecule has 1 heterocycles. The van der Waals surface area contributed by atoms with Crippen molar-refractivity contribution in [2.75, 3.05) is 13.7 Å². The van der Waals surface area contributed by atoms with Gasteiger partial charge >= 0.3 is 5.97 Å². The van der Waals surface area contributed by atoms with Gasteiger partial charge in [-0.3, -0.25) is 4.79 Å². The van der Waals surface area contributed by atoms with Gasteiger partial charge in [0, 0.05) is 26.0 Å². The molecule has 2 aromatic carbocycles. The molecule has 1 saturated heterocycles. The molecule has 2 aliphatic rings. The van der Waals surface area contributed by atoms with Gasteiger partial charge < -0.3 is 14.7 Å². The standard InChI is InChI=1S/C21H23NO4/c1-26-16-8-9-22(19(11-16)21(24)25)20(23)18-12-17(18)15-7-6-13-4-2-3-5-14(13)10-15/h2-7,10,16-19H,8-9,11-12H2,1H3,(H,24,25). The third-order valence-corrected chi connectivity index (χ3v) is 5.77. The smallest absolute Gasteiger partial charge is 0.326 e. The summed E-state index contributed by atoms with van der Waals surface area (Å²) in [5, 5.41) is 11.9. The number of aliphatic carboxylic acids is 1. The predicted molar refractivity (Wildman–Crippen MR) is 98.0 cm³/mol. The Morgan fingerprint density at radius 3 is 2.62 bits per heavy atom. The number of methoxy groups -OCH3 is 1. The number of hydrogen-bond donors (Lipinski definition) is 1. The maximum atomic E-state index is 12.9. The van der Waals surface area contributed by atoms with Gasteiger partial charge in [-0.25, -0.2) is 4.79 Å². The van der Waals surface area contributed by atoms with Gasteiger partial charge in [-0.1, -0.05) is 42.5 Å². The summed E-state index contributed by atoms with van der Waals surface area (Å²) in [4.78, 5) is 26.1. The molecular formula is C21H23NO4. The van der Waals surface area contributed by atoms with Crippen LogP contribution in [-0.2, 0) is 14.3 Å². The van der Waals surface area contributed by atoms with Crippen LogP contribution in [0.1, 0.15) is 30.7 Å². The Morgan fingerprint density at radius 2 is 1.88 bits per heavy atom. The second-order valence-corrected chi connectivity index (χ2v) is 7.32. The molecule has 1 saturated carbocycles. The van der Waals surface area contributed by atoms with Crippen molar-refractivity contribution in [1.82, 2.24) is 4.90 Å². The molecule has 0 bridgehead atoms. The number of likely N-dealkylation sites (tertiary alicyclic amines) is 1. The number of amides is 1. The molecule has 2 fully saturated rings. The number of piperidine rings is 1. The minimum absolute atomic E-state index is 0.0230. The van der Waals surface area contributed by atoms with Crippen LogP contribution in [0.15, 0.2) is 42.5 Å². The van der Waals surface area contributed by atoms with Crippen molar-refractivity contribution in [2.24, 2.45) is 5.92 Å². The van der Waals surface area contributed by atoms with Gasteiger partial charge in [-0.15, -0.1) is 0 Å². The van der Waals surface area contributed by atoms with Crippen molar-refractivity contribution in [2.45, 2.75) is 37.3 Å². The molecule has 136 valence electrons. The zero-order valence-electron chi connectivity index (χ0n) is 14.8. The summed E-state index contributed by atoms with van der Waals surface area (Å²) in [7, 11) is 1.59. The molecule has 0 spiro atoms. The van der Waals surface area contributed by atoms with E-state index in [-0.39, 0.29) is 23.8 Å². The first-order valence-electron chi connectivity index (χ1n) is 9.13. The fourth-order valence-electron chi connectivity index (χ4n) is 4.13. The topological polar surface area (TPSA) is 66.8 Å². The van der Waals surface area contributed by atoms with Crippen molar-refractivity contribution < 1.29 is 19.4 Å². The Labute approximate surface area is 152 Å². The molecule has 4 unspecified atom stereocenters. The summed E-state index contributed by atoms with van der Waals surface area (Å²) in [6, 6.07) is 13.7. The number of nitrogens with zero attached hydrogens (tertiary/aromatic N) is 1. The van der Waals surface area contributed by atoms with Gasteiger partial charge in [-0.05, 0) is 35.1 Å². The number of rotatable bonds is 4. The number of ether oxygens (including phenoxy) is 1. The zero-order valence-corrected chi connectivity index (χ0v) is 14.8. The van der Waals surface area contributed by atoms with Gasteiger partial charge in [0.15, 0.2) is 0 Å². The first-order chi connectivity index (χ1) is 12.6. The molecule has 0 radical (unpaired) electrons. The first-order valence-corrected chi connectivity index (χ1v) is 9.13. The van der Waals surface area contributed by atoms with Crippen LogP contribution in [0.3, 0.4) is 0 Å². The van der Waals surface area contributed by atoms with Gasteiger partial charge in [0.25, 0.3) is 0 Å². The Bertz CT molecular complexity index is 849. The molecule has 5 heteroatoms. The molecule has 26 heavy (non-hydrogen) atoms. The van der Waals surface area contributed by atoms with Crippen molar-refractivity contribution in [3.8, 4) is 0 Å². The molecule has 4 rings (SSSR count). The molecule has 1 aliphatic heterocycles. The number of carbonyl (C=O) groups is 2. The number of carboxylic acid groups (broad SMARTS) is 1. The molecule has 1 N–H and O–H groups in total. The van der Waals surface area contributed by atoms with E-state index < -0.39 is 12.0 Å². The molecule has 1 amide bonds. The average molecular weight is 353 g/mol. The zero-order chi connectivity index (χ0) is 18.3. The van der Waals surface area contributed by atoms with Crippen molar-refractivity contribution in [3.63, 3.8) is 0 Å². The van der Waals surface area contributed by atoms with Crippen molar-refractivity contribution in [1.29, 1.82) is 0 Å². The van der Waals surface area contributed by atoms with E-state index in [0.717, 1.165) is 6.42 Å². The second-order valence-electron chi connectivity index (χ2n) is 7.32. The summed E-state index contributed by atoms with van der Waals surface area (Å²) in [5.41, 5.74) is 1.17. The maximum absolute atomic E-state index is 12.9. The quantitative estimate of drug-likeness (QED) is 0.917. The van der Waals surface area contributed by atoms with Gasteiger partial charge in [0.1, 0.15) is 6.04 Å². The lowest BCUT2D eigenvalue weighted by atomic mass is 9.98. The van der Waals surface area contributed by atoms with Crippen molar-refractivity contribution >= 4 is 22.6 Å². The SMILES string of the molecule is COC1CCN(C(=O)C2CC2c2ccc3ccccc3c2)C(C(=O)O)C1. The lowest BCUT2D eigenvalue weighted by Crippen LogP contribution is -2.52. The molecule has 5 nitrogen and oxygen atoms in total. The van der Waals surface area contributed by atoms with E-state index in [1.807, 2.05) is 12.1 Å². The Balaban J connectivity index is 1.49. The minimum Gasteiger partial charge on any atom is -0.480 e. The van der Waals surface area contributed by atoms with E-state index in [2.05, 4.69) is 30.3 Å². The lowest BCUT2D eigenvalue weighted by Gasteiger charge is -2.36. The Hall–Kier alpha value is -2.40. The summed E-state index contributed by atoms with van der Waals surface area (Å²) in [6.07, 6.45) is 1.77. The number of hydrogen-bond acceptors (Lipinski definition) is 3. The van der Waals surface area contributed by atoms with E-state index in [0.29, 0.717) is 19.4 Å². The van der Waals surface area contributed by atoms with E-state index in [1.54, 1.807) is 12.0 Å². The van der Waals surface area contributed by atoms with Gasteiger partial charge in [-0.2, -0.15) is 0 Å². The summed E-state index contributed by atoms with van der Waals surface area (Å²) in [5.74, 6) is -0.869. The normalized spacial score (nSPS) is 28.1. The highest BCUT2D eigenvalue weighted by molar-refractivity contribution is 5.89. The molecule has 4 atom stereocenters. The Kier molecular flexibility index (Phi) is 4.41. The minimum atomic E-state index is -0.942. The van der Waals surface area contributed by atoms with Crippen LogP contribution in [0.5, 0.6) is 0 Å².